The molecular weight excluding hydrogens is 744 g/mol. The molecule has 0 aliphatic rings. The summed E-state index contributed by atoms with van der Waals surface area (Å²) in [7, 11) is 0. The quantitative estimate of drug-likeness (QED) is 0.0689. The van der Waals surface area contributed by atoms with Crippen LogP contribution in [-0.2, 0) is 0 Å². The highest BCUT2D eigenvalue weighted by Gasteiger charge is 2.10. The monoisotopic (exact) mass is 786 g/mol. The van der Waals surface area contributed by atoms with Crippen molar-refractivity contribution in [2.75, 3.05) is 21.7 Å². The minimum Gasteiger partial charge on any atom is -0.408 e. The number of benzene rings is 4. The Morgan fingerprint density at radius 3 is 1.53 bits per heavy atom. The molecule has 4 aromatic heterocycles. The molecule has 0 unspecified atom stereocenters. The molecule has 0 atom stereocenters. The molecule has 7 N–H and O–H groups in total. The highest BCUT2D eigenvalue weighted by Crippen LogP contribution is 2.26. The van der Waals surface area contributed by atoms with Crippen molar-refractivity contribution in [3.63, 3.8) is 0 Å². The number of nitrogens with one attached hydrogen (secondary N) is 5. The Morgan fingerprint density at radius 1 is 0.561 bits per heavy atom. The molecule has 0 radical (unpaired) electrons. The van der Waals surface area contributed by atoms with Crippen molar-refractivity contribution in [1.29, 1.82) is 0 Å². The largest absolute Gasteiger partial charge is 0.417 e. The number of hydrogen-bond donors (Lipinski definition) is 6. The van der Waals surface area contributed by atoms with Gasteiger partial charge >= 0.3 is 11.5 Å². The number of oxazole rings is 2. The maximum absolute atomic E-state index is 11.3. The summed E-state index contributed by atoms with van der Waals surface area (Å²) in [6.07, 6.45) is 3.40. The van der Waals surface area contributed by atoms with Gasteiger partial charge in [-0.1, -0.05) is 0 Å². The first-order valence-corrected chi connectivity index (χ1v) is 18.3. The molecule has 4 aromatic carbocycles. The molecule has 4 heterocycles. The number of nitrogens with zero attached hydrogens (tertiary/aromatic N) is 4. The van der Waals surface area contributed by atoms with Gasteiger partial charge in [0, 0.05) is 46.3 Å². The van der Waals surface area contributed by atoms with Crippen molar-refractivity contribution in [1.82, 2.24) is 29.9 Å². The molecule has 57 heavy (non-hydrogen) atoms. The van der Waals surface area contributed by atoms with Crippen LogP contribution in [0, 0.1) is 55.4 Å². The summed E-state index contributed by atoms with van der Waals surface area (Å²) in [6, 6.07) is 18.8. The summed E-state index contributed by atoms with van der Waals surface area (Å²) in [5.74, 6) is 0.857. The SMILES string of the molecule is Cc1cc(N)cc(C)c1C.Cc1cnc(Cl)nc1Nc1ccc2oc(=O)[nH]c2c1.Cc1cnc(Nc2cc(C)c(C)c(C)c2)nc1Nc1ccc2oc(=O)[nH]c2c1. The lowest BCUT2D eigenvalue weighted by molar-refractivity contribution is 0.555. The number of halogens is 1. The summed E-state index contributed by atoms with van der Waals surface area (Å²) in [6.45, 7) is 16.4. The lowest BCUT2D eigenvalue weighted by Crippen LogP contribution is -2.03. The first-order chi connectivity index (χ1) is 27.1. The summed E-state index contributed by atoms with van der Waals surface area (Å²) in [4.78, 5) is 44.6. The fraction of sp³-hybridized carbons (Fsp3) is 0.190. The average molecular weight is 787 g/mol. The first kappa shape index (κ1) is 39.8. The Bertz CT molecular complexity index is 2810. The molecule has 0 aliphatic carbocycles. The molecular formula is C42H43ClN10O4. The smallest absolute Gasteiger partial charge is 0.408 e. The molecule has 8 rings (SSSR count). The summed E-state index contributed by atoms with van der Waals surface area (Å²) in [5, 5.41) is 9.84. The molecule has 0 saturated carbocycles. The van der Waals surface area contributed by atoms with E-state index < -0.39 is 11.5 Å². The normalized spacial score (nSPS) is 10.8. The van der Waals surface area contributed by atoms with E-state index in [4.69, 9.17) is 26.2 Å². The van der Waals surface area contributed by atoms with Crippen LogP contribution in [-0.4, -0.2) is 29.9 Å². The lowest BCUT2D eigenvalue weighted by atomic mass is 10.0. The first-order valence-electron chi connectivity index (χ1n) is 17.9. The molecule has 0 aliphatic heterocycles. The van der Waals surface area contributed by atoms with E-state index in [1.165, 1.54) is 33.4 Å². The van der Waals surface area contributed by atoms with Crippen LogP contribution in [0.5, 0.6) is 0 Å². The third-order valence-corrected chi connectivity index (χ3v) is 9.59. The number of H-pyrrole nitrogens is 2. The number of rotatable bonds is 6. The number of aromatic amines is 2. The van der Waals surface area contributed by atoms with Gasteiger partial charge in [-0.05, 0) is 161 Å². The van der Waals surface area contributed by atoms with E-state index in [9.17, 15) is 9.59 Å². The van der Waals surface area contributed by atoms with Crippen LogP contribution in [0.25, 0.3) is 22.2 Å². The Labute approximate surface area is 333 Å². The van der Waals surface area contributed by atoms with Gasteiger partial charge in [0.15, 0.2) is 11.2 Å². The molecule has 0 saturated heterocycles. The van der Waals surface area contributed by atoms with Gasteiger partial charge in [-0.2, -0.15) is 4.98 Å². The van der Waals surface area contributed by atoms with Crippen LogP contribution in [0.2, 0.25) is 5.28 Å². The third kappa shape index (κ3) is 9.85. The molecule has 292 valence electrons. The van der Waals surface area contributed by atoms with Gasteiger partial charge in [0.2, 0.25) is 11.2 Å². The standard InChI is InChI=1S/C21H21N5O2.C12H9ClN4O2.C9H13N/c1-11-7-16(8-12(2)14(11)4)24-20-22-10-13(3)19(26-20)23-15-5-6-18-17(9-15)25-21(27)28-18;1-6-5-14-11(13)17-10(6)15-7-2-3-9-8(4-7)16-12(18)19-9;1-6-4-9(10)5-7(2)8(6)3/h5-10H,1-4H3,(H,25,27)(H2,22,23,24,26);2-5H,1H3,(H,16,18)(H,14,15,17);4-5H,10H2,1-3H3. The molecule has 0 bridgehead atoms. The van der Waals surface area contributed by atoms with Crippen molar-refractivity contribution < 1.29 is 8.83 Å². The van der Waals surface area contributed by atoms with Crippen molar-refractivity contribution in [2.45, 2.75) is 55.4 Å². The van der Waals surface area contributed by atoms with Gasteiger partial charge in [0.25, 0.3) is 0 Å². The lowest BCUT2D eigenvalue weighted by Gasteiger charge is -2.13. The zero-order valence-corrected chi connectivity index (χ0v) is 33.6. The predicted octanol–water partition coefficient (Wildman–Crippen LogP) is 9.44. The molecule has 14 nitrogen and oxygen atoms in total. The average Bonchev–Trinajstić information content (AvgIpc) is 3.72. The highest BCUT2D eigenvalue weighted by molar-refractivity contribution is 6.28. The number of aromatic nitrogens is 6. The summed E-state index contributed by atoms with van der Waals surface area (Å²) < 4.78 is 9.97. The van der Waals surface area contributed by atoms with E-state index in [2.05, 4.69) is 99.5 Å². The van der Waals surface area contributed by atoms with Crippen LogP contribution in [0.1, 0.15) is 44.5 Å². The summed E-state index contributed by atoms with van der Waals surface area (Å²) >= 11 is 5.76. The zero-order chi connectivity index (χ0) is 41.0. The predicted molar refractivity (Wildman–Crippen MR) is 228 cm³/mol. The number of hydrogen-bond acceptors (Lipinski definition) is 12. The van der Waals surface area contributed by atoms with Gasteiger partial charge in [-0.3, -0.25) is 9.97 Å². The van der Waals surface area contributed by atoms with E-state index in [0.717, 1.165) is 33.9 Å². The van der Waals surface area contributed by atoms with Crippen molar-refractivity contribution in [3.8, 4) is 0 Å². The fourth-order valence-corrected chi connectivity index (χ4v) is 5.95. The van der Waals surface area contributed by atoms with E-state index in [0.29, 0.717) is 39.8 Å². The zero-order valence-electron chi connectivity index (χ0n) is 32.8. The second kappa shape index (κ2) is 16.8. The number of nitrogen functional groups attached to an aromatic ring is 1. The van der Waals surface area contributed by atoms with Crippen LogP contribution >= 0.6 is 11.6 Å². The molecule has 8 aromatic rings. The second-order valence-corrected chi connectivity index (χ2v) is 14.1. The molecule has 15 heteroatoms. The Hall–Kier alpha value is -6.93. The van der Waals surface area contributed by atoms with Crippen molar-refractivity contribution in [2.24, 2.45) is 0 Å². The molecule has 0 fully saturated rings. The number of anilines is 7. The second-order valence-electron chi connectivity index (χ2n) is 13.7. The highest BCUT2D eigenvalue weighted by atomic mass is 35.5. The Kier molecular flexibility index (Phi) is 11.7. The summed E-state index contributed by atoms with van der Waals surface area (Å²) in [5.41, 5.74) is 20.7. The van der Waals surface area contributed by atoms with Crippen LogP contribution < -0.4 is 33.2 Å². The minimum absolute atomic E-state index is 0.172. The van der Waals surface area contributed by atoms with E-state index in [1.807, 2.05) is 38.1 Å². The van der Waals surface area contributed by atoms with E-state index in [1.54, 1.807) is 36.7 Å². The van der Waals surface area contributed by atoms with Crippen LogP contribution in [0.3, 0.4) is 0 Å². The molecule has 0 amide bonds. The maximum Gasteiger partial charge on any atom is 0.417 e. The number of fused-ring (bicyclic) bond motifs is 2. The third-order valence-electron chi connectivity index (χ3n) is 9.41. The van der Waals surface area contributed by atoms with Gasteiger partial charge in [-0.25, -0.2) is 24.5 Å². The van der Waals surface area contributed by atoms with Crippen LogP contribution in [0.4, 0.5) is 40.3 Å². The van der Waals surface area contributed by atoms with Crippen molar-refractivity contribution in [3.05, 3.63) is 144 Å². The molecule has 0 spiro atoms. The van der Waals surface area contributed by atoms with Crippen molar-refractivity contribution >= 4 is 74.1 Å². The van der Waals surface area contributed by atoms with Gasteiger partial charge in [-0.15, -0.1) is 0 Å². The maximum atomic E-state index is 11.3. The topological polar surface area (TPSA) is 206 Å². The number of nitrogens with two attached hydrogens (primary N) is 1. The van der Waals surface area contributed by atoms with Crippen LogP contribution in [0.15, 0.2) is 91.5 Å². The Balaban J connectivity index is 0.000000162. The number of aryl methyl sites for hydroxylation is 6. The van der Waals surface area contributed by atoms with Gasteiger partial charge in [0.1, 0.15) is 11.6 Å². The Morgan fingerprint density at radius 2 is 1.02 bits per heavy atom. The van der Waals surface area contributed by atoms with E-state index >= 15 is 0 Å². The van der Waals surface area contributed by atoms with E-state index in [-0.39, 0.29) is 5.28 Å². The van der Waals surface area contributed by atoms with Gasteiger partial charge in [0.05, 0.1) is 11.0 Å². The van der Waals surface area contributed by atoms with Gasteiger partial charge < -0.3 is 30.5 Å². The minimum atomic E-state index is -0.478. The fourth-order valence-electron chi connectivity index (χ4n) is 5.81.